The van der Waals surface area contributed by atoms with Gasteiger partial charge in [-0.05, 0) is 85.5 Å². The third-order valence-corrected chi connectivity index (χ3v) is 10.9. The van der Waals surface area contributed by atoms with Crippen LogP contribution in [0.25, 0.3) is 0 Å². The van der Waals surface area contributed by atoms with Crippen molar-refractivity contribution in [3.63, 3.8) is 0 Å². The number of amides is 2. The lowest BCUT2D eigenvalue weighted by molar-refractivity contribution is -0.135. The molecule has 3 aromatic carbocycles. The molecule has 0 atom stereocenters. The summed E-state index contributed by atoms with van der Waals surface area (Å²) in [6, 6.07) is 32.5. The lowest BCUT2D eigenvalue weighted by Crippen LogP contribution is -2.47. The number of nitrogens with one attached hydrogen (secondary N) is 1. The number of carbonyl (C=O) groups is 2. The lowest BCUT2D eigenvalue weighted by Gasteiger charge is -2.40. The number of hydrogen-bond acceptors (Lipinski definition) is 5. The van der Waals surface area contributed by atoms with E-state index in [-0.39, 0.29) is 42.5 Å². The minimum atomic E-state index is -0.827. The maximum absolute atomic E-state index is 13.7. The van der Waals surface area contributed by atoms with Crippen LogP contribution in [-0.4, -0.2) is 71.0 Å². The van der Waals surface area contributed by atoms with Gasteiger partial charge in [0.25, 0.3) is 0 Å². The smallest absolute Gasteiger partial charge is 0.227 e. The molecule has 2 fully saturated rings. The van der Waals surface area contributed by atoms with E-state index in [9.17, 15) is 14.7 Å². The first-order valence-electron chi connectivity index (χ1n) is 17.6. The molecule has 0 bridgehead atoms. The number of halogens is 3. The first-order chi connectivity index (χ1) is 23.8. The van der Waals surface area contributed by atoms with Gasteiger partial charge in [0.15, 0.2) is 0 Å². The van der Waals surface area contributed by atoms with E-state index < -0.39 is 11.0 Å². The summed E-state index contributed by atoms with van der Waals surface area (Å²) in [4.78, 5) is 35.1. The Labute approximate surface area is 319 Å². The number of carbonyl (C=O) groups excluding carboxylic acids is 2. The van der Waals surface area contributed by atoms with Crippen molar-refractivity contribution in [2.24, 2.45) is 5.92 Å². The van der Waals surface area contributed by atoms with Gasteiger partial charge in [-0.25, -0.2) is 0 Å². The van der Waals surface area contributed by atoms with E-state index in [4.69, 9.17) is 11.6 Å². The number of aromatic nitrogens is 1. The molecule has 6 rings (SSSR count). The number of hydrogen-bond donors (Lipinski definition) is 2. The molecule has 4 aromatic rings. The van der Waals surface area contributed by atoms with Crippen LogP contribution in [0.1, 0.15) is 60.8 Å². The summed E-state index contributed by atoms with van der Waals surface area (Å²) in [5, 5.41) is 15.5. The number of likely N-dealkylation sites (tertiary alicyclic amines) is 2. The number of pyridine rings is 1. The van der Waals surface area contributed by atoms with Crippen LogP contribution in [0, 0.1) is 5.92 Å². The topological polar surface area (TPSA) is 85.8 Å². The Morgan fingerprint density at radius 1 is 0.843 bits per heavy atom. The van der Waals surface area contributed by atoms with Crippen molar-refractivity contribution >= 4 is 48.2 Å². The van der Waals surface area contributed by atoms with Crippen LogP contribution in [0.5, 0.6) is 0 Å². The first-order valence-corrected chi connectivity index (χ1v) is 18.0. The first kappa shape index (κ1) is 40.3. The highest BCUT2D eigenvalue weighted by Crippen LogP contribution is 2.38. The van der Waals surface area contributed by atoms with Crippen molar-refractivity contribution in [3.05, 3.63) is 137 Å². The molecule has 2 aliphatic rings. The number of benzene rings is 3. The third kappa shape index (κ3) is 10.1. The van der Waals surface area contributed by atoms with Crippen molar-refractivity contribution in [2.45, 2.75) is 56.0 Å². The number of rotatable bonds is 12. The molecule has 272 valence electrons. The van der Waals surface area contributed by atoms with Gasteiger partial charge >= 0.3 is 0 Å². The Morgan fingerprint density at radius 2 is 1.45 bits per heavy atom. The number of nitrogens with zero attached hydrogens (tertiary/aromatic N) is 3. The molecule has 2 aliphatic heterocycles. The monoisotopic (exact) mass is 750 g/mol. The van der Waals surface area contributed by atoms with Crippen LogP contribution in [0.15, 0.2) is 109 Å². The van der Waals surface area contributed by atoms with Gasteiger partial charge in [0.05, 0.1) is 12.0 Å². The number of piperidine rings is 2. The largest absolute Gasteiger partial charge is 0.385 e. The predicted molar refractivity (Wildman–Crippen MR) is 209 cm³/mol. The molecule has 2 saturated heterocycles. The second kappa shape index (κ2) is 18.9. The van der Waals surface area contributed by atoms with Crippen molar-refractivity contribution in [1.82, 2.24) is 20.1 Å². The summed E-state index contributed by atoms with van der Waals surface area (Å²) in [5.41, 5.74) is 2.98. The SMILES string of the molecule is Cl.Cl.O=C(NCC(CCCN1CCC(O)(c2ccc(Cl)cc2)CC1)(c1ccccc1)c1ccccc1)C1CCN(C(=O)Cc2cccnc2)CC1. The molecule has 3 heterocycles. The van der Waals surface area contributed by atoms with Gasteiger partial charge in [-0.3, -0.25) is 14.6 Å². The summed E-state index contributed by atoms with van der Waals surface area (Å²) in [6.07, 6.45) is 8.26. The fourth-order valence-electron chi connectivity index (χ4n) is 7.62. The van der Waals surface area contributed by atoms with E-state index in [1.807, 2.05) is 53.4 Å². The van der Waals surface area contributed by atoms with Crippen LogP contribution >= 0.6 is 36.4 Å². The predicted octanol–water partition coefficient (Wildman–Crippen LogP) is 7.23. The molecule has 2 N–H and O–H groups in total. The molecule has 0 unspecified atom stereocenters. The van der Waals surface area contributed by atoms with Crippen LogP contribution in [0.4, 0.5) is 0 Å². The minimum absolute atomic E-state index is 0. The summed E-state index contributed by atoms with van der Waals surface area (Å²) < 4.78 is 0. The molecular formula is C41H49Cl3N4O3. The highest BCUT2D eigenvalue weighted by Gasteiger charge is 2.37. The fraction of sp³-hybridized carbons (Fsp3) is 0.390. The lowest BCUT2D eigenvalue weighted by atomic mass is 9.71. The zero-order valence-corrected chi connectivity index (χ0v) is 31.4. The molecule has 0 spiro atoms. The van der Waals surface area contributed by atoms with Gasteiger partial charge in [-0.1, -0.05) is 90.5 Å². The van der Waals surface area contributed by atoms with E-state index in [2.05, 4.69) is 63.7 Å². The van der Waals surface area contributed by atoms with Crippen LogP contribution in [-0.2, 0) is 27.0 Å². The summed E-state index contributed by atoms with van der Waals surface area (Å²) in [5.74, 6) is 0.0231. The van der Waals surface area contributed by atoms with Crippen LogP contribution in [0.3, 0.4) is 0 Å². The Bertz CT molecular complexity index is 1610. The quantitative estimate of drug-likeness (QED) is 0.160. The van der Waals surface area contributed by atoms with E-state index in [1.54, 1.807) is 12.4 Å². The van der Waals surface area contributed by atoms with Gasteiger partial charge < -0.3 is 20.2 Å². The van der Waals surface area contributed by atoms with E-state index >= 15 is 0 Å². The van der Waals surface area contributed by atoms with Crippen LogP contribution < -0.4 is 5.32 Å². The van der Waals surface area contributed by atoms with Gasteiger partial charge in [-0.15, -0.1) is 24.8 Å². The average Bonchev–Trinajstić information content (AvgIpc) is 3.15. The standard InChI is InChI=1S/C41H47ClN4O3.2ClH/c42-37-16-14-36(15-17-37)41(49)21-27-45(28-22-41)24-8-20-40(34-10-3-1-4-11-34,35-12-5-2-6-13-35)31-44-39(48)33-18-25-46(26-19-33)38(47)29-32-9-7-23-43-30-32;;/h1-7,9-17,23,30,33,49H,8,18-22,24-29,31H2,(H,44,48);2*1H. The van der Waals surface area contributed by atoms with E-state index in [1.165, 1.54) is 11.1 Å². The summed E-state index contributed by atoms with van der Waals surface area (Å²) in [6.45, 7) is 4.23. The molecule has 0 saturated carbocycles. The van der Waals surface area contributed by atoms with Gasteiger partial charge in [0.1, 0.15) is 0 Å². The molecule has 1 aromatic heterocycles. The van der Waals surface area contributed by atoms with Crippen molar-refractivity contribution in [3.8, 4) is 0 Å². The Kier molecular flexibility index (Phi) is 14.9. The maximum atomic E-state index is 13.7. The zero-order valence-electron chi connectivity index (χ0n) is 29.0. The average molecular weight is 752 g/mol. The Morgan fingerprint density at radius 3 is 2.02 bits per heavy atom. The normalized spacial score (nSPS) is 16.4. The van der Waals surface area contributed by atoms with E-state index in [0.29, 0.717) is 56.8 Å². The fourth-order valence-corrected chi connectivity index (χ4v) is 7.75. The van der Waals surface area contributed by atoms with Crippen LogP contribution in [0.2, 0.25) is 5.02 Å². The molecular weight excluding hydrogens is 703 g/mol. The molecule has 51 heavy (non-hydrogen) atoms. The van der Waals surface area contributed by atoms with Gasteiger partial charge in [0, 0.05) is 61.5 Å². The number of aliphatic hydroxyl groups is 1. The van der Waals surface area contributed by atoms with Crippen molar-refractivity contribution < 1.29 is 14.7 Å². The van der Waals surface area contributed by atoms with E-state index in [0.717, 1.165) is 43.6 Å². The Balaban J connectivity index is 0.00000292. The zero-order chi connectivity index (χ0) is 34.1. The second-order valence-corrected chi connectivity index (χ2v) is 14.1. The summed E-state index contributed by atoms with van der Waals surface area (Å²) in [7, 11) is 0. The summed E-state index contributed by atoms with van der Waals surface area (Å²) >= 11 is 6.09. The molecule has 2 amide bonds. The third-order valence-electron chi connectivity index (χ3n) is 10.7. The minimum Gasteiger partial charge on any atom is -0.385 e. The highest BCUT2D eigenvalue weighted by molar-refractivity contribution is 6.30. The Hall–Kier alpha value is -3.46. The van der Waals surface area contributed by atoms with Crippen molar-refractivity contribution in [1.29, 1.82) is 0 Å². The molecule has 0 radical (unpaired) electrons. The van der Waals surface area contributed by atoms with Crippen molar-refractivity contribution in [2.75, 3.05) is 39.3 Å². The van der Waals surface area contributed by atoms with Gasteiger partial charge in [0.2, 0.25) is 11.8 Å². The molecule has 10 heteroatoms. The second-order valence-electron chi connectivity index (χ2n) is 13.7. The molecule has 7 nitrogen and oxygen atoms in total. The maximum Gasteiger partial charge on any atom is 0.227 e. The highest BCUT2D eigenvalue weighted by atomic mass is 35.5. The molecule has 0 aliphatic carbocycles. The van der Waals surface area contributed by atoms with Gasteiger partial charge in [-0.2, -0.15) is 0 Å².